The molecule has 4 N–H and O–H groups in total. The number of rotatable bonds is 9. The predicted molar refractivity (Wildman–Crippen MR) is 152 cm³/mol. The van der Waals surface area contributed by atoms with Gasteiger partial charge in [-0.1, -0.05) is 13.8 Å². The molecule has 5 rings (SSSR count). The highest BCUT2D eigenvalue weighted by Crippen LogP contribution is 2.43. The standard InChI is InChI=1S/C26H32BrN7O5S/c1-14(2)9-17(30-26(36)37)24(35)33-6-3-15(4-7-33)5-8-34-12-29-22(28)21-23(34)32-25(31-21)40-20-11-19-18(10-16(20)27)38-13-39-19/h10-12,14-15,17,30H,3-9,13,28H2,1-2H3,(H,36,37)/t17-/m0/s1. The molecule has 0 bridgehead atoms. The molecule has 0 saturated carbocycles. The summed E-state index contributed by atoms with van der Waals surface area (Å²) in [5, 5.41) is 12.1. The van der Waals surface area contributed by atoms with Crippen LogP contribution in [0.3, 0.4) is 0 Å². The maximum Gasteiger partial charge on any atom is 0.405 e. The van der Waals surface area contributed by atoms with Crippen LogP contribution in [0.25, 0.3) is 11.5 Å². The second kappa shape index (κ2) is 12.1. The number of nitrogens with two attached hydrogens (primary N) is 1. The quantitative estimate of drug-likeness (QED) is 0.310. The lowest BCUT2D eigenvalue weighted by molar-refractivity contribution is -0.135. The first-order valence-corrected chi connectivity index (χ1v) is 14.8. The highest BCUT2D eigenvalue weighted by atomic mass is 79.9. The van der Waals surface area contributed by atoms with E-state index in [9.17, 15) is 9.59 Å². The van der Waals surface area contributed by atoms with Crippen LogP contribution < -0.4 is 20.5 Å². The van der Waals surface area contributed by atoms with Gasteiger partial charge in [0.25, 0.3) is 0 Å². The molecule has 4 aliphatic heterocycles. The molecular formula is C26H32BrN7O5S. The van der Waals surface area contributed by atoms with Gasteiger partial charge in [0.1, 0.15) is 6.04 Å². The number of carbonyl (C=O) groups is 2. The molecule has 0 unspecified atom stereocenters. The van der Waals surface area contributed by atoms with Crippen molar-refractivity contribution in [3.8, 4) is 23.0 Å². The minimum absolute atomic E-state index is 0.139. The van der Waals surface area contributed by atoms with Gasteiger partial charge in [0.2, 0.25) is 12.7 Å². The summed E-state index contributed by atoms with van der Waals surface area (Å²) in [5.74, 6) is 2.86. The molecule has 0 aromatic heterocycles. The lowest BCUT2D eigenvalue weighted by Crippen LogP contribution is -2.51. The average Bonchev–Trinajstić information content (AvgIpc) is 3.55. The number of nitrogen functional groups attached to an aromatic ring is 1. The maximum absolute atomic E-state index is 13.0. The summed E-state index contributed by atoms with van der Waals surface area (Å²) in [5.41, 5.74) is 6.70. The number of carboxylic acid groups (broad SMARTS) is 1. The Kier molecular flexibility index (Phi) is 8.54. The van der Waals surface area contributed by atoms with E-state index < -0.39 is 12.1 Å². The fraction of sp³-hybridized carbons (Fsp3) is 0.500. The number of aromatic nitrogens is 4. The Bertz CT molecular complexity index is 1360. The first kappa shape index (κ1) is 28.3. The van der Waals surface area contributed by atoms with Gasteiger partial charge >= 0.3 is 6.09 Å². The number of nitrogens with one attached hydrogen (secondary N) is 1. The SMILES string of the molecule is CC(C)C[C@H](NC(=O)O)C(=O)N1CCC(CCn2cnc(N)c3nc(Sc4cc5c(cc4Br)OCO5)nc2-3)CC1. The topological polar surface area (TPSA) is 158 Å². The van der Waals surface area contributed by atoms with Gasteiger partial charge in [0.15, 0.2) is 34.0 Å². The van der Waals surface area contributed by atoms with Crippen molar-refractivity contribution in [2.75, 3.05) is 25.6 Å². The molecule has 1 fully saturated rings. The zero-order valence-electron chi connectivity index (χ0n) is 22.3. The molecule has 1 atom stereocenters. The van der Waals surface area contributed by atoms with E-state index in [4.69, 9.17) is 25.3 Å². The van der Waals surface area contributed by atoms with Crippen LogP contribution in [-0.4, -0.2) is 67.5 Å². The largest absolute Gasteiger partial charge is 0.465 e. The lowest BCUT2D eigenvalue weighted by Gasteiger charge is -2.34. The Morgan fingerprint density at radius 1 is 1.23 bits per heavy atom. The van der Waals surface area contributed by atoms with E-state index in [0.717, 1.165) is 28.6 Å². The number of imidazole rings is 1. The molecule has 1 aromatic carbocycles. The van der Waals surface area contributed by atoms with Crippen LogP contribution in [0.1, 0.15) is 39.5 Å². The molecule has 40 heavy (non-hydrogen) atoms. The van der Waals surface area contributed by atoms with Crippen LogP contribution in [0, 0.1) is 11.8 Å². The zero-order chi connectivity index (χ0) is 28.4. The highest BCUT2D eigenvalue weighted by Gasteiger charge is 2.30. The summed E-state index contributed by atoms with van der Waals surface area (Å²) < 4.78 is 13.8. The number of hydrogen-bond acceptors (Lipinski definition) is 9. The van der Waals surface area contributed by atoms with Gasteiger partial charge in [0.05, 0.1) is 6.33 Å². The Morgan fingerprint density at radius 2 is 1.95 bits per heavy atom. The normalized spacial score (nSPS) is 16.1. The molecule has 0 spiro atoms. The number of benzene rings is 1. The predicted octanol–water partition coefficient (Wildman–Crippen LogP) is 4.31. The third-order valence-electron chi connectivity index (χ3n) is 7.11. The van der Waals surface area contributed by atoms with E-state index in [0.29, 0.717) is 66.0 Å². The van der Waals surface area contributed by atoms with Gasteiger partial charge in [-0.15, -0.1) is 0 Å². The Balaban J connectivity index is 1.21. The number of hydrogen-bond donors (Lipinski definition) is 3. The lowest BCUT2D eigenvalue weighted by atomic mass is 9.92. The van der Waals surface area contributed by atoms with Gasteiger partial charge in [-0.05, 0) is 77.3 Å². The van der Waals surface area contributed by atoms with E-state index in [1.165, 1.54) is 11.8 Å². The summed E-state index contributed by atoms with van der Waals surface area (Å²) in [4.78, 5) is 40.6. The summed E-state index contributed by atoms with van der Waals surface area (Å²) in [6.45, 7) is 6.07. The number of piperidine rings is 1. The fourth-order valence-electron chi connectivity index (χ4n) is 5.04. The third-order valence-corrected chi connectivity index (χ3v) is 8.95. The summed E-state index contributed by atoms with van der Waals surface area (Å²) in [7, 11) is 0. The van der Waals surface area contributed by atoms with Gasteiger partial charge in [0, 0.05) is 29.0 Å². The van der Waals surface area contributed by atoms with Crippen molar-refractivity contribution < 1.29 is 24.2 Å². The van der Waals surface area contributed by atoms with Crippen molar-refractivity contribution in [3.63, 3.8) is 0 Å². The van der Waals surface area contributed by atoms with Gasteiger partial charge in [-0.2, -0.15) is 0 Å². The second-order valence-electron chi connectivity index (χ2n) is 10.4. The molecule has 4 aliphatic rings. The molecule has 0 aliphatic carbocycles. The van der Waals surface area contributed by atoms with Crippen molar-refractivity contribution >= 4 is 45.5 Å². The first-order valence-electron chi connectivity index (χ1n) is 13.2. The number of carbonyl (C=O) groups excluding carboxylic acids is 1. The van der Waals surface area contributed by atoms with E-state index in [1.54, 1.807) is 11.2 Å². The van der Waals surface area contributed by atoms with Crippen LogP contribution in [0.15, 0.2) is 33.0 Å². The van der Waals surface area contributed by atoms with Gasteiger partial charge in [-0.25, -0.2) is 19.7 Å². The first-order chi connectivity index (χ1) is 19.2. The van der Waals surface area contributed by atoms with E-state index in [1.807, 2.05) is 30.5 Å². The van der Waals surface area contributed by atoms with Crippen molar-refractivity contribution in [2.24, 2.45) is 11.8 Å². The number of halogens is 1. The number of amides is 2. The number of anilines is 1. The van der Waals surface area contributed by atoms with Gasteiger partial charge in [-0.3, -0.25) is 4.79 Å². The van der Waals surface area contributed by atoms with Gasteiger partial charge < -0.3 is 35.1 Å². The molecule has 214 valence electrons. The smallest absolute Gasteiger partial charge is 0.405 e. The second-order valence-corrected chi connectivity index (χ2v) is 12.3. The number of aryl methyl sites for hydroxylation is 1. The minimum Gasteiger partial charge on any atom is -0.465 e. The molecule has 1 saturated heterocycles. The van der Waals surface area contributed by atoms with E-state index in [-0.39, 0.29) is 18.6 Å². The van der Waals surface area contributed by atoms with E-state index in [2.05, 4.69) is 31.2 Å². The Morgan fingerprint density at radius 3 is 2.65 bits per heavy atom. The van der Waals surface area contributed by atoms with Crippen LogP contribution in [0.4, 0.5) is 10.6 Å². The molecule has 14 heteroatoms. The summed E-state index contributed by atoms with van der Waals surface area (Å²) >= 11 is 4.98. The fourth-order valence-corrected chi connectivity index (χ4v) is 6.40. The molecular weight excluding hydrogens is 602 g/mol. The Labute approximate surface area is 244 Å². The van der Waals surface area contributed by atoms with Crippen molar-refractivity contribution in [1.29, 1.82) is 0 Å². The monoisotopic (exact) mass is 633 g/mol. The summed E-state index contributed by atoms with van der Waals surface area (Å²) in [6, 6.07) is 3.06. The molecule has 12 nitrogen and oxygen atoms in total. The van der Waals surface area contributed by atoms with Crippen molar-refractivity contribution in [1.82, 2.24) is 29.7 Å². The number of ether oxygens (including phenoxy) is 2. The molecule has 4 heterocycles. The number of fused-ring (bicyclic) bond motifs is 2. The van der Waals surface area contributed by atoms with Crippen LogP contribution in [0.2, 0.25) is 0 Å². The van der Waals surface area contributed by atoms with E-state index >= 15 is 0 Å². The zero-order valence-corrected chi connectivity index (χ0v) is 24.7. The van der Waals surface area contributed by atoms with Crippen LogP contribution >= 0.6 is 27.7 Å². The molecule has 1 aromatic rings. The van der Waals surface area contributed by atoms with Crippen LogP contribution in [0.5, 0.6) is 11.5 Å². The molecule has 2 amide bonds. The van der Waals surface area contributed by atoms with Crippen LogP contribution in [-0.2, 0) is 11.3 Å². The minimum atomic E-state index is -1.17. The maximum atomic E-state index is 13.0. The average molecular weight is 635 g/mol. The Hall–Kier alpha value is -3.26. The number of nitrogens with zero attached hydrogens (tertiary/aromatic N) is 5. The molecule has 0 radical (unpaired) electrons. The number of likely N-dealkylation sites (tertiary alicyclic amines) is 1. The highest BCUT2D eigenvalue weighted by molar-refractivity contribution is 9.10. The summed E-state index contributed by atoms with van der Waals surface area (Å²) in [6.07, 6.45) is 3.60. The van der Waals surface area contributed by atoms with Crippen molar-refractivity contribution in [3.05, 3.63) is 22.9 Å². The third kappa shape index (κ3) is 6.38. The van der Waals surface area contributed by atoms with Crippen molar-refractivity contribution in [2.45, 2.75) is 62.2 Å².